The Labute approximate surface area is 132 Å². The molecule has 0 saturated heterocycles. The smallest absolute Gasteiger partial charge is 0.0841 e. The highest BCUT2D eigenvalue weighted by molar-refractivity contribution is 9.10. The quantitative estimate of drug-likeness (QED) is 0.549. The van der Waals surface area contributed by atoms with Crippen molar-refractivity contribution in [3.05, 3.63) is 67.6 Å². The van der Waals surface area contributed by atoms with Crippen LogP contribution < -0.4 is 0 Å². The maximum atomic E-state index is 6.67. The van der Waals surface area contributed by atoms with Gasteiger partial charge in [-0.15, -0.1) is 11.6 Å². The lowest BCUT2D eigenvalue weighted by molar-refractivity contribution is 1.08. The van der Waals surface area contributed by atoms with E-state index in [1.165, 1.54) is 5.56 Å². The van der Waals surface area contributed by atoms with Crippen LogP contribution in [0.3, 0.4) is 0 Å². The molecule has 0 spiro atoms. The van der Waals surface area contributed by atoms with E-state index >= 15 is 0 Å². The Kier molecular flexibility index (Phi) is 4.60. The SMILES string of the molecule is Cc1cc(C(Cl)c2cccc(Br)c2C)c(C)cc1Cl. The molecule has 1 unspecified atom stereocenters. The summed E-state index contributed by atoms with van der Waals surface area (Å²) in [7, 11) is 0. The molecule has 0 bridgehead atoms. The minimum Gasteiger partial charge on any atom is -0.113 e. The first-order valence-corrected chi connectivity index (χ1v) is 7.68. The first-order chi connectivity index (χ1) is 8.91. The molecule has 0 aromatic heterocycles. The highest BCUT2D eigenvalue weighted by atomic mass is 79.9. The summed E-state index contributed by atoms with van der Waals surface area (Å²) in [6.07, 6.45) is 0. The van der Waals surface area contributed by atoms with Gasteiger partial charge in [0, 0.05) is 9.50 Å². The maximum Gasteiger partial charge on any atom is 0.0841 e. The molecule has 0 saturated carbocycles. The van der Waals surface area contributed by atoms with Gasteiger partial charge in [-0.1, -0.05) is 45.7 Å². The summed E-state index contributed by atoms with van der Waals surface area (Å²) in [5.74, 6) is 0. The zero-order valence-electron chi connectivity index (χ0n) is 11.1. The van der Waals surface area contributed by atoms with Crippen LogP contribution in [0.2, 0.25) is 5.02 Å². The van der Waals surface area contributed by atoms with E-state index in [1.54, 1.807) is 0 Å². The van der Waals surface area contributed by atoms with Crippen molar-refractivity contribution in [1.82, 2.24) is 0 Å². The molecule has 2 rings (SSSR count). The van der Waals surface area contributed by atoms with Crippen LogP contribution in [0.5, 0.6) is 0 Å². The van der Waals surface area contributed by atoms with Crippen molar-refractivity contribution in [1.29, 1.82) is 0 Å². The number of alkyl halides is 1. The normalized spacial score (nSPS) is 12.5. The largest absolute Gasteiger partial charge is 0.113 e. The lowest BCUT2D eigenvalue weighted by atomic mass is 9.95. The minimum absolute atomic E-state index is 0.159. The van der Waals surface area contributed by atoms with E-state index in [2.05, 4.69) is 35.0 Å². The van der Waals surface area contributed by atoms with Gasteiger partial charge in [-0.2, -0.15) is 0 Å². The lowest BCUT2D eigenvalue weighted by Gasteiger charge is -2.17. The summed E-state index contributed by atoms with van der Waals surface area (Å²) in [6, 6.07) is 10.2. The van der Waals surface area contributed by atoms with Crippen molar-refractivity contribution in [3.63, 3.8) is 0 Å². The minimum atomic E-state index is -0.159. The van der Waals surface area contributed by atoms with Gasteiger partial charge in [0.25, 0.3) is 0 Å². The van der Waals surface area contributed by atoms with Crippen molar-refractivity contribution in [2.24, 2.45) is 0 Å². The fraction of sp³-hybridized carbons (Fsp3) is 0.250. The van der Waals surface area contributed by atoms with Gasteiger partial charge in [-0.25, -0.2) is 0 Å². The van der Waals surface area contributed by atoms with Crippen molar-refractivity contribution < 1.29 is 0 Å². The maximum absolute atomic E-state index is 6.67. The summed E-state index contributed by atoms with van der Waals surface area (Å²) in [4.78, 5) is 0. The molecule has 0 aliphatic carbocycles. The Balaban J connectivity index is 2.53. The highest BCUT2D eigenvalue weighted by Crippen LogP contribution is 2.36. The van der Waals surface area contributed by atoms with Gasteiger partial charge in [-0.05, 0) is 60.7 Å². The molecule has 0 aliphatic rings. The Morgan fingerprint density at radius 3 is 2.37 bits per heavy atom. The molecule has 0 heterocycles. The summed E-state index contributed by atoms with van der Waals surface area (Å²) < 4.78 is 1.08. The van der Waals surface area contributed by atoms with Gasteiger partial charge >= 0.3 is 0 Å². The van der Waals surface area contributed by atoms with E-state index < -0.39 is 0 Å². The number of halogens is 3. The van der Waals surface area contributed by atoms with Crippen molar-refractivity contribution in [3.8, 4) is 0 Å². The second kappa shape index (κ2) is 5.87. The standard InChI is InChI=1S/C16H15BrCl2/c1-9-8-15(18)10(2)7-13(9)16(19)12-5-4-6-14(17)11(12)3/h4-8,16H,1-3H3. The molecule has 0 radical (unpaired) electrons. The second-order valence-corrected chi connectivity index (χ2v) is 6.47. The number of hydrogen-bond donors (Lipinski definition) is 0. The molecule has 100 valence electrons. The van der Waals surface area contributed by atoms with Gasteiger partial charge in [0.2, 0.25) is 0 Å². The van der Waals surface area contributed by atoms with Crippen LogP contribution in [-0.2, 0) is 0 Å². The average Bonchev–Trinajstić information content (AvgIpc) is 2.36. The zero-order valence-corrected chi connectivity index (χ0v) is 14.2. The summed E-state index contributed by atoms with van der Waals surface area (Å²) in [5.41, 5.74) is 5.59. The van der Waals surface area contributed by atoms with Gasteiger partial charge < -0.3 is 0 Å². The highest BCUT2D eigenvalue weighted by Gasteiger charge is 2.17. The molecule has 3 heteroatoms. The summed E-state index contributed by atoms with van der Waals surface area (Å²) >= 11 is 16.4. The number of benzene rings is 2. The predicted octanol–water partition coefficient (Wildman–Crippen LogP) is 6.36. The fourth-order valence-electron chi connectivity index (χ4n) is 2.14. The van der Waals surface area contributed by atoms with Crippen molar-refractivity contribution in [2.45, 2.75) is 26.1 Å². The second-order valence-electron chi connectivity index (χ2n) is 4.77. The molecule has 0 nitrogen and oxygen atoms in total. The third-order valence-electron chi connectivity index (χ3n) is 3.40. The Morgan fingerprint density at radius 1 is 1.00 bits per heavy atom. The molecular formula is C16H15BrCl2. The van der Waals surface area contributed by atoms with Crippen LogP contribution in [0.4, 0.5) is 0 Å². The Bertz CT molecular complexity index is 620. The number of aryl methyl sites for hydroxylation is 2. The van der Waals surface area contributed by atoms with Crippen LogP contribution in [0, 0.1) is 20.8 Å². The fourth-order valence-corrected chi connectivity index (χ4v) is 3.21. The van der Waals surface area contributed by atoms with Crippen LogP contribution in [0.1, 0.15) is 33.2 Å². The lowest BCUT2D eigenvalue weighted by Crippen LogP contribution is -2.00. The third kappa shape index (κ3) is 2.99. The van der Waals surface area contributed by atoms with Crippen LogP contribution in [0.25, 0.3) is 0 Å². The molecule has 1 atom stereocenters. The molecule has 0 amide bonds. The van der Waals surface area contributed by atoms with Crippen molar-refractivity contribution in [2.75, 3.05) is 0 Å². The first-order valence-electron chi connectivity index (χ1n) is 6.07. The predicted molar refractivity (Wildman–Crippen MR) is 87.5 cm³/mol. The Hall–Kier alpha value is -0.500. The molecule has 0 aliphatic heterocycles. The monoisotopic (exact) mass is 356 g/mol. The number of hydrogen-bond acceptors (Lipinski definition) is 0. The van der Waals surface area contributed by atoms with E-state index in [0.717, 1.165) is 31.7 Å². The molecule has 2 aromatic rings. The van der Waals surface area contributed by atoms with E-state index in [1.807, 2.05) is 32.0 Å². The number of rotatable bonds is 2. The third-order valence-corrected chi connectivity index (χ3v) is 5.14. The molecule has 2 aromatic carbocycles. The zero-order chi connectivity index (χ0) is 14.2. The topological polar surface area (TPSA) is 0 Å². The van der Waals surface area contributed by atoms with E-state index in [0.29, 0.717) is 0 Å². The van der Waals surface area contributed by atoms with Gasteiger partial charge in [-0.3, -0.25) is 0 Å². The van der Waals surface area contributed by atoms with Crippen LogP contribution in [-0.4, -0.2) is 0 Å². The molecule has 19 heavy (non-hydrogen) atoms. The Morgan fingerprint density at radius 2 is 1.68 bits per heavy atom. The van der Waals surface area contributed by atoms with E-state index in [4.69, 9.17) is 23.2 Å². The molecular weight excluding hydrogens is 343 g/mol. The van der Waals surface area contributed by atoms with Crippen molar-refractivity contribution >= 4 is 39.1 Å². The van der Waals surface area contributed by atoms with Crippen LogP contribution >= 0.6 is 39.1 Å². The molecule has 0 N–H and O–H groups in total. The average molecular weight is 358 g/mol. The summed E-state index contributed by atoms with van der Waals surface area (Å²) in [5, 5.41) is 0.629. The summed E-state index contributed by atoms with van der Waals surface area (Å²) in [6.45, 7) is 6.12. The van der Waals surface area contributed by atoms with Gasteiger partial charge in [0.05, 0.1) is 5.38 Å². The molecule has 0 fully saturated rings. The first kappa shape index (κ1) is 14.9. The van der Waals surface area contributed by atoms with Crippen LogP contribution in [0.15, 0.2) is 34.8 Å². The van der Waals surface area contributed by atoms with E-state index in [9.17, 15) is 0 Å². The van der Waals surface area contributed by atoms with Gasteiger partial charge in [0.1, 0.15) is 0 Å². The van der Waals surface area contributed by atoms with E-state index in [-0.39, 0.29) is 5.38 Å². The van der Waals surface area contributed by atoms with Gasteiger partial charge in [0.15, 0.2) is 0 Å².